The van der Waals surface area contributed by atoms with Crippen molar-refractivity contribution < 1.29 is 22.8 Å². The van der Waals surface area contributed by atoms with Crippen LogP contribution in [0, 0.1) is 17.0 Å². The number of hydrogen-bond acceptors (Lipinski definition) is 6. The zero-order valence-corrected chi connectivity index (χ0v) is 19.0. The van der Waals surface area contributed by atoms with Crippen molar-refractivity contribution in [3.8, 4) is 11.5 Å². The number of ether oxygens (including phenoxy) is 2. The van der Waals surface area contributed by atoms with E-state index < -0.39 is 21.0 Å². The van der Waals surface area contributed by atoms with Gasteiger partial charge in [-0.05, 0) is 49.2 Å². The van der Waals surface area contributed by atoms with E-state index in [4.69, 9.17) is 9.47 Å². The minimum atomic E-state index is -4.09. The van der Waals surface area contributed by atoms with Crippen molar-refractivity contribution in [2.75, 3.05) is 18.5 Å². The van der Waals surface area contributed by atoms with Crippen LogP contribution in [0.2, 0.25) is 0 Å². The second-order valence-electron chi connectivity index (χ2n) is 7.12. The van der Waals surface area contributed by atoms with Crippen LogP contribution in [-0.4, -0.2) is 27.6 Å². The lowest BCUT2D eigenvalue weighted by atomic mass is 10.0. The van der Waals surface area contributed by atoms with Gasteiger partial charge < -0.3 is 9.47 Å². The van der Waals surface area contributed by atoms with Gasteiger partial charge in [0.15, 0.2) is 11.5 Å². The lowest BCUT2D eigenvalue weighted by Gasteiger charge is -2.32. The van der Waals surface area contributed by atoms with E-state index in [-0.39, 0.29) is 10.6 Å². The third-order valence-electron chi connectivity index (χ3n) is 5.22. The summed E-state index contributed by atoms with van der Waals surface area (Å²) in [5.74, 6) is 0.846. The first-order valence-electron chi connectivity index (χ1n) is 9.77. The van der Waals surface area contributed by atoms with E-state index in [2.05, 4.69) is 0 Å². The Hall–Kier alpha value is -3.59. The van der Waals surface area contributed by atoms with Crippen LogP contribution in [-0.2, 0) is 10.0 Å². The Balaban J connectivity index is 2.20. The van der Waals surface area contributed by atoms with E-state index in [0.29, 0.717) is 17.2 Å². The third-order valence-corrected chi connectivity index (χ3v) is 7.13. The van der Waals surface area contributed by atoms with Gasteiger partial charge in [0, 0.05) is 18.2 Å². The Morgan fingerprint density at radius 1 is 0.938 bits per heavy atom. The minimum absolute atomic E-state index is 0.0571. The van der Waals surface area contributed by atoms with Gasteiger partial charge >= 0.3 is 0 Å². The van der Waals surface area contributed by atoms with Crippen molar-refractivity contribution in [3.05, 3.63) is 88.0 Å². The van der Waals surface area contributed by atoms with Gasteiger partial charge in [-0.2, -0.15) is 0 Å². The molecule has 8 nitrogen and oxygen atoms in total. The smallest absolute Gasteiger partial charge is 0.269 e. The number of benzene rings is 3. The summed E-state index contributed by atoms with van der Waals surface area (Å²) < 4.78 is 39.5. The molecule has 3 aromatic rings. The average molecular weight is 457 g/mol. The average Bonchev–Trinajstić information content (AvgIpc) is 2.79. The summed E-state index contributed by atoms with van der Waals surface area (Å²) >= 11 is 0. The second-order valence-corrected chi connectivity index (χ2v) is 8.94. The van der Waals surface area contributed by atoms with Crippen LogP contribution < -0.4 is 13.8 Å². The lowest BCUT2D eigenvalue weighted by molar-refractivity contribution is -0.384. The van der Waals surface area contributed by atoms with Gasteiger partial charge in [0.25, 0.3) is 15.7 Å². The number of sulfonamides is 1. The van der Waals surface area contributed by atoms with Crippen molar-refractivity contribution in [1.82, 2.24) is 0 Å². The van der Waals surface area contributed by atoms with E-state index in [1.54, 1.807) is 25.1 Å². The normalized spacial score (nSPS) is 12.1. The highest BCUT2D eigenvalue weighted by Gasteiger charge is 2.32. The molecule has 32 heavy (non-hydrogen) atoms. The SMILES string of the molecule is COc1ccc(N(C(C)c2ccccc2C)S(=O)(=O)c2ccc([N+](=O)[O-])cc2)cc1OC. The largest absolute Gasteiger partial charge is 0.493 e. The Morgan fingerprint density at radius 2 is 1.56 bits per heavy atom. The molecule has 168 valence electrons. The van der Waals surface area contributed by atoms with Crippen LogP contribution >= 0.6 is 0 Å². The molecule has 0 fully saturated rings. The van der Waals surface area contributed by atoms with Gasteiger partial charge in [0.2, 0.25) is 0 Å². The molecule has 0 aliphatic rings. The van der Waals surface area contributed by atoms with Crippen LogP contribution in [0.1, 0.15) is 24.1 Å². The Labute approximate surface area is 187 Å². The highest BCUT2D eigenvalue weighted by atomic mass is 32.2. The quantitative estimate of drug-likeness (QED) is 0.354. The zero-order valence-electron chi connectivity index (χ0n) is 18.2. The highest BCUT2D eigenvalue weighted by Crippen LogP contribution is 2.39. The molecule has 1 atom stereocenters. The molecule has 9 heteroatoms. The molecular weight excluding hydrogens is 432 g/mol. The summed E-state index contributed by atoms with van der Waals surface area (Å²) in [7, 11) is -1.12. The van der Waals surface area contributed by atoms with Crippen LogP contribution in [0.5, 0.6) is 11.5 Å². The number of methoxy groups -OCH3 is 2. The number of anilines is 1. The predicted molar refractivity (Wildman–Crippen MR) is 122 cm³/mol. The van der Waals surface area contributed by atoms with E-state index in [1.165, 1.54) is 42.8 Å². The molecule has 0 aromatic heterocycles. The molecule has 1 unspecified atom stereocenters. The van der Waals surface area contributed by atoms with E-state index >= 15 is 0 Å². The van der Waals surface area contributed by atoms with Gasteiger partial charge in [0.1, 0.15) is 0 Å². The van der Waals surface area contributed by atoms with Crippen molar-refractivity contribution in [2.24, 2.45) is 0 Å². The van der Waals surface area contributed by atoms with Gasteiger partial charge in [-0.25, -0.2) is 8.42 Å². The minimum Gasteiger partial charge on any atom is -0.493 e. The van der Waals surface area contributed by atoms with Crippen molar-refractivity contribution in [1.29, 1.82) is 0 Å². The molecule has 0 N–H and O–H groups in total. The predicted octanol–water partition coefficient (Wildman–Crippen LogP) is 4.88. The standard InChI is InChI=1S/C23H24N2O6S/c1-16-7-5-6-8-21(16)17(2)24(19-11-14-22(30-3)23(15-19)31-4)32(28,29)20-12-9-18(10-13-20)25(26)27/h5-15,17H,1-4H3. The molecule has 3 rings (SSSR count). The van der Waals surface area contributed by atoms with Crippen molar-refractivity contribution in [2.45, 2.75) is 24.8 Å². The van der Waals surface area contributed by atoms with Crippen LogP contribution in [0.25, 0.3) is 0 Å². The molecular formula is C23H24N2O6S. The summed E-state index contributed by atoms with van der Waals surface area (Å²) in [5.41, 5.74) is 1.95. The first kappa shape index (κ1) is 23.1. The van der Waals surface area contributed by atoms with Gasteiger partial charge in [-0.15, -0.1) is 0 Å². The first-order valence-corrected chi connectivity index (χ1v) is 11.2. The fraction of sp³-hybridized carbons (Fsp3) is 0.217. The summed E-state index contributed by atoms with van der Waals surface area (Å²) in [5, 5.41) is 11.0. The number of non-ortho nitro benzene ring substituents is 1. The van der Waals surface area contributed by atoms with Crippen LogP contribution in [0.15, 0.2) is 71.6 Å². The number of aryl methyl sites for hydroxylation is 1. The maximum absolute atomic E-state index is 13.8. The topological polar surface area (TPSA) is 99.0 Å². The molecule has 0 saturated heterocycles. The molecule has 0 saturated carbocycles. The maximum atomic E-state index is 13.8. The molecule has 0 aliphatic heterocycles. The molecule has 3 aromatic carbocycles. The molecule has 0 bridgehead atoms. The van der Waals surface area contributed by atoms with E-state index in [0.717, 1.165) is 11.1 Å². The molecule has 0 radical (unpaired) electrons. The monoisotopic (exact) mass is 456 g/mol. The Kier molecular flexibility index (Phi) is 6.69. The lowest BCUT2D eigenvalue weighted by Crippen LogP contribution is -2.34. The number of rotatable bonds is 8. The molecule has 0 heterocycles. The number of nitro groups is 1. The summed E-state index contributed by atoms with van der Waals surface area (Å²) in [6.07, 6.45) is 0. The fourth-order valence-electron chi connectivity index (χ4n) is 3.57. The zero-order chi connectivity index (χ0) is 23.5. The van der Waals surface area contributed by atoms with Crippen LogP contribution in [0.4, 0.5) is 11.4 Å². The van der Waals surface area contributed by atoms with Gasteiger partial charge in [-0.3, -0.25) is 14.4 Å². The molecule has 0 spiro atoms. The van der Waals surface area contributed by atoms with Crippen molar-refractivity contribution in [3.63, 3.8) is 0 Å². The second kappa shape index (κ2) is 9.27. The summed E-state index contributed by atoms with van der Waals surface area (Å²) in [6, 6.07) is 16.7. The third kappa shape index (κ3) is 4.38. The van der Waals surface area contributed by atoms with E-state index in [9.17, 15) is 18.5 Å². The summed E-state index contributed by atoms with van der Waals surface area (Å²) in [4.78, 5) is 10.4. The maximum Gasteiger partial charge on any atom is 0.269 e. The van der Waals surface area contributed by atoms with E-state index in [1.807, 2.05) is 31.2 Å². The van der Waals surface area contributed by atoms with Crippen LogP contribution in [0.3, 0.4) is 0 Å². The number of nitrogens with zero attached hydrogens (tertiary/aromatic N) is 2. The fourth-order valence-corrected chi connectivity index (χ4v) is 5.20. The summed E-state index contributed by atoms with van der Waals surface area (Å²) in [6.45, 7) is 3.71. The Morgan fingerprint density at radius 3 is 2.12 bits per heavy atom. The van der Waals surface area contributed by atoms with Crippen molar-refractivity contribution >= 4 is 21.4 Å². The van der Waals surface area contributed by atoms with Gasteiger partial charge in [-0.1, -0.05) is 24.3 Å². The number of nitro benzene ring substituents is 1. The highest BCUT2D eigenvalue weighted by molar-refractivity contribution is 7.92. The number of hydrogen-bond donors (Lipinski definition) is 0. The van der Waals surface area contributed by atoms with Gasteiger partial charge in [0.05, 0.1) is 35.8 Å². The molecule has 0 amide bonds. The Bertz CT molecular complexity index is 1230. The molecule has 0 aliphatic carbocycles. The first-order chi connectivity index (χ1) is 15.2.